The lowest BCUT2D eigenvalue weighted by molar-refractivity contribution is 0.178. The highest BCUT2D eigenvalue weighted by Gasteiger charge is 2.08. The van der Waals surface area contributed by atoms with Crippen LogP contribution in [0.15, 0.2) is 48.8 Å². The van der Waals surface area contributed by atoms with Gasteiger partial charge in [-0.15, -0.1) is 0 Å². The van der Waals surface area contributed by atoms with Crippen molar-refractivity contribution in [3.63, 3.8) is 0 Å². The van der Waals surface area contributed by atoms with Crippen LogP contribution in [0.4, 0.5) is 0 Å². The third-order valence-corrected chi connectivity index (χ3v) is 2.93. The van der Waals surface area contributed by atoms with Crippen molar-refractivity contribution in [2.24, 2.45) is 0 Å². The molecule has 1 atom stereocenters. The largest absolute Gasteiger partial charge is 0.388 e. The number of rotatable bonds is 4. The monoisotopic (exact) mass is 227 g/mol. The maximum atomic E-state index is 10.1. The predicted molar refractivity (Wildman–Crippen MR) is 68.7 cm³/mol. The number of nitrogens with zero attached hydrogens (tertiary/aromatic N) is 1. The van der Waals surface area contributed by atoms with E-state index in [2.05, 4.69) is 36.2 Å². The molecule has 0 saturated carbocycles. The fourth-order valence-electron chi connectivity index (χ4n) is 1.83. The summed E-state index contributed by atoms with van der Waals surface area (Å²) in [7, 11) is 0. The maximum absolute atomic E-state index is 10.1. The molecule has 2 heteroatoms. The van der Waals surface area contributed by atoms with E-state index >= 15 is 0 Å². The summed E-state index contributed by atoms with van der Waals surface area (Å²) in [6.45, 7) is 2.14. The topological polar surface area (TPSA) is 33.1 Å². The standard InChI is InChI=1S/C15H17NO/c1-2-12-5-7-13(8-6-12)10-15(17)14-4-3-9-16-11-14/h3-9,11,15,17H,2,10H2,1H3. The first-order valence-corrected chi connectivity index (χ1v) is 5.95. The first-order valence-electron chi connectivity index (χ1n) is 5.95. The van der Waals surface area contributed by atoms with E-state index in [0.29, 0.717) is 6.42 Å². The molecule has 0 fully saturated rings. The molecule has 0 aliphatic heterocycles. The highest BCUT2D eigenvalue weighted by atomic mass is 16.3. The van der Waals surface area contributed by atoms with Gasteiger partial charge in [-0.2, -0.15) is 0 Å². The van der Waals surface area contributed by atoms with Crippen molar-refractivity contribution in [2.45, 2.75) is 25.9 Å². The molecule has 2 rings (SSSR count). The zero-order chi connectivity index (χ0) is 12.1. The van der Waals surface area contributed by atoms with Crippen LogP contribution in [0.2, 0.25) is 0 Å². The molecule has 1 N–H and O–H groups in total. The molecule has 2 aromatic rings. The molecule has 0 spiro atoms. The summed E-state index contributed by atoms with van der Waals surface area (Å²) in [5.74, 6) is 0. The van der Waals surface area contributed by atoms with Crippen molar-refractivity contribution in [1.29, 1.82) is 0 Å². The Morgan fingerprint density at radius 1 is 1.12 bits per heavy atom. The Morgan fingerprint density at radius 2 is 1.82 bits per heavy atom. The highest BCUT2D eigenvalue weighted by Crippen LogP contribution is 2.17. The zero-order valence-electron chi connectivity index (χ0n) is 10.0. The summed E-state index contributed by atoms with van der Waals surface area (Å²) >= 11 is 0. The van der Waals surface area contributed by atoms with Crippen LogP contribution < -0.4 is 0 Å². The third-order valence-electron chi connectivity index (χ3n) is 2.93. The molecule has 0 aliphatic carbocycles. The Morgan fingerprint density at radius 3 is 2.41 bits per heavy atom. The van der Waals surface area contributed by atoms with E-state index < -0.39 is 6.10 Å². The summed E-state index contributed by atoms with van der Waals surface area (Å²) in [6.07, 6.45) is 4.63. The first-order chi connectivity index (χ1) is 8.29. The van der Waals surface area contributed by atoms with Gasteiger partial charge in [0.2, 0.25) is 0 Å². The van der Waals surface area contributed by atoms with Crippen LogP contribution in [0, 0.1) is 0 Å². The molecule has 1 aromatic carbocycles. The third kappa shape index (κ3) is 3.14. The number of benzene rings is 1. The van der Waals surface area contributed by atoms with Crippen molar-refractivity contribution < 1.29 is 5.11 Å². The van der Waals surface area contributed by atoms with Crippen molar-refractivity contribution >= 4 is 0 Å². The van der Waals surface area contributed by atoms with E-state index in [1.54, 1.807) is 12.4 Å². The first kappa shape index (κ1) is 11.8. The van der Waals surface area contributed by atoms with Crippen LogP contribution in [-0.4, -0.2) is 10.1 Å². The van der Waals surface area contributed by atoms with Gasteiger partial charge in [0, 0.05) is 18.8 Å². The molecular weight excluding hydrogens is 210 g/mol. The molecule has 0 radical (unpaired) electrons. The van der Waals surface area contributed by atoms with Gasteiger partial charge in [-0.1, -0.05) is 37.3 Å². The number of aliphatic hydroxyl groups is 1. The summed E-state index contributed by atoms with van der Waals surface area (Å²) in [4.78, 5) is 4.01. The second-order valence-corrected chi connectivity index (χ2v) is 4.18. The number of pyridine rings is 1. The van der Waals surface area contributed by atoms with E-state index in [-0.39, 0.29) is 0 Å². The van der Waals surface area contributed by atoms with Gasteiger partial charge in [-0.25, -0.2) is 0 Å². The number of aryl methyl sites for hydroxylation is 1. The molecule has 88 valence electrons. The highest BCUT2D eigenvalue weighted by molar-refractivity contribution is 5.24. The lowest BCUT2D eigenvalue weighted by Gasteiger charge is -2.10. The van der Waals surface area contributed by atoms with Gasteiger partial charge < -0.3 is 5.11 Å². The average molecular weight is 227 g/mol. The second-order valence-electron chi connectivity index (χ2n) is 4.18. The molecule has 0 aliphatic rings. The Kier molecular flexibility index (Phi) is 3.89. The zero-order valence-corrected chi connectivity index (χ0v) is 10.0. The molecule has 1 aromatic heterocycles. The van der Waals surface area contributed by atoms with Crippen LogP contribution in [0.1, 0.15) is 29.7 Å². The second kappa shape index (κ2) is 5.60. The minimum Gasteiger partial charge on any atom is -0.388 e. The Bertz CT molecular complexity index is 450. The molecule has 1 heterocycles. The lowest BCUT2D eigenvalue weighted by atomic mass is 10.0. The number of aromatic nitrogens is 1. The molecule has 1 unspecified atom stereocenters. The minimum absolute atomic E-state index is 0.476. The lowest BCUT2D eigenvalue weighted by Crippen LogP contribution is -2.02. The van der Waals surface area contributed by atoms with Gasteiger partial charge in [0.25, 0.3) is 0 Å². The normalized spacial score (nSPS) is 12.4. The van der Waals surface area contributed by atoms with Crippen LogP contribution in [0.3, 0.4) is 0 Å². The van der Waals surface area contributed by atoms with E-state index in [4.69, 9.17) is 0 Å². The molecule has 0 saturated heterocycles. The van der Waals surface area contributed by atoms with E-state index in [9.17, 15) is 5.11 Å². The van der Waals surface area contributed by atoms with Gasteiger partial charge in [0.15, 0.2) is 0 Å². The van der Waals surface area contributed by atoms with Crippen LogP contribution in [0.5, 0.6) is 0 Å². The van der Waals surface area contributed by atoms with Gasteiger partial charge >= 0.3 is 0 Å². The Labute approximate surface area is 102 Å². The average Bonchev–Trinajstić information content (AvgIpc) is 2.40. The number of hydrogen-bond acceptors (Lipinski definition) is 2. The van der Waals surface area contributed by atoms with E-state index in [1.165, 1.54) is 5.56 Å². The van der Waals surface area contributed by atoms with Gasteiger partial charge in [-0.05, 0) is 29.2 Å². The smallest absolute Gasteiger partial charge is 0.0845 e. The van der Waals surface area contributed by atoms with Gasteiger partial charge in [-0.3, -0.25) is 4.98 Å². The van der Waals surface area contributed by atoms with E-state index in [0.717, 1.165) is 17.5 Å². The molecule has 0 amide bonds. The van der Waals surface area contributed by atoms with E-state index in [1.807, 2.05) is 12.1 Å². The minimum atomic E-state index is -0.476. The van der Waals surface area contributed by atoms with Crippen LogP contribution >= 0.6 is 0 Å². The number of hydrogen-bond donors (Lipinski definition) is 1. The van der Waals surface area contributed by atoms with Crippen molar-refractivity contribution in [1.82, 2.24) is 4.98 Å². The van der Waals surface area contributed by atoms with Crippen LogP contribution in [0.25, 0.3) is 0 Å². The summed E-state index contributed by atoms with van der Waals surface area (Å²) < 4.78 is 0. The fraction of sp³-hybridized carbons (Fsp3) is 0.267. The Balaban J connectivity index is 2.05. The SMILES string of the molecule is CCc1ccc(CC(O)c2cccnc2)cc1. The fourth-order valence-corrected chi connectivity index (χ4v) is 1.83. The molecular formula is C15H17NO. The molecule has 17 heavy (non-hydrogen) atoms. The summed E-state index contributed by atoms with van der Waals surface area (Å²) in [6, 6.07) is 12.1. The van der Waals surface area contributed by atoms with Gasteiger partial charge in [0.05, 0.1) is 6.10 Å². The molecule has 2 nitrogen and oxygen atoms in total. The molecule has 0 bridgehead atoms. The predicted octanol–water partition coefficient (Wildman–Crippen LogP) is 2.92. The quantitative estimate of drug-likeness (QED) is 0.871. The van der Waals surface area contributed by atoms with Crippen LogP contribution in [-0.2, 0) is 12.8 Å². The van der Waals surface area contributed by atoms with Crippen molar-refractivity contribution in [3.8, 4) is 0 Å². The summed E-state index contributed by atoms with van der Waals surface area (Å²) in [5.41, 5.74) is 3.34. The maximum Gasteiger partial charge on any atom is 0.0845 e. The number of aliphatic hydroxyl groups excluding tert-OH is 1. The van der Waals surface area contributed by atoms with Crippen molar-refractivity contribution in [3.05, 3.63) is 65.5 Å². The summed E-state index contributed by atoms with van der Waals surface area (Å²) in [5, 5.41) is 10.1. The van der Waals surface area contributed by atoms with Gasteiger partial charge in [0.1, 0.15) is 0 Å². The Hall–Kier alpha value is -1.67. The van der Waals surface area contributed by atoms with Crippen molar-refractivity contribution in [2.75, 3.05) is 0 Å².